The van der Waals surface area contributed by atoms with Gasteiger partial charge in [-0.1, -0.05) is 34.1 Å². The standard InChI is InChI=1S/C10H20O2/c1-5-8(4)6-9(7(2)3)10(11)12/h7-9H,5-6H2,1-4H3,(H,11,12). The van der Waals surface area contributed by atoms with Gasteiger partial charge in [-0.2, -0.15) is 0 Å². The summed E-state index contributed by atoms with van der Waals surface area (Å²) in [6.07, 6.45) is 1.88. The van der Waals surface area contributed by atoms with Crippen LogP contribution in [0.3, 0.4) is 0 Å². The van der Waals surface area contributed by atoms with E-state index in [0.717, 1.165) is 12.8 Å². The van der Waals surface area contributed by atoms with Crippen molar-refractivity contribution in [3.63, 3.8) is 0 Å². The molecule has 2 nitrogen and oxygen atoms in total. The number of carboxylic acids is 1. The van der Waals surface area contributed by atoms with E-state index in [1.54, 1.807) is 0 Å². The molecule has 0 aliphatic heterocycles. The van der Waals surface area contributed by atoms with Crippen molar-refractivity contribution in [2.24, 2.45) is 17.8 Å². The summed E-state index contributed by atoms with van der Waals surface area (Å²) < 4.78 is 0. The minimum absolute atomic E-state index is 0.167. The minimum Gasteiger partial charge on any atom is -0.481 e. The monoisotopic (exact) mass is 172 g/mol. The van der Waals surface area contributed by atoms with Crippen molar-refractivity contribution in [2.75, 3.05) is 0 Å². The van der Waals surface area contributed by atoms with Crippen molar-refractivity contribution in [2.45, 2.75) is 40.5 Å². The molecule has 0 aliphatic carbocycles. The molecule has 0 radical (unpaired) electrons. The molecule has 0 aliphatic rings. The van der Waals surface area contributed by atoms with Crippen LogP contribution in [-0.4, -0.2) is 11.1 Å². The largest absolute Gasteiger partial charge is 0.481 e. The molecule has 0 saturated heterocycles. The molecular weight excluding hydrogens is 152 g/mol. The van der Waals surface area contributed by atoms with E-state index in [1.165, 1.54) is 0 Å². The molecule has 0 saturated carbocycles. The van der Waals surface area contributed by atoms with Crippen LogP contribution in [-0.2, 0) is 4.79 Å². The van der Waals surface area contributed by atoms with Gasteiger partial charge in [0, 0.05) is 0 Å². The molecule has 12 heavy (non-hydrogen) atoms. The van der Waals surface area contributed by atoms with Crippen molar-refractivity contribution >= 4 is 5.97 Å². The first kappa shape index (κ1) is 11.5. The first-order valence-corrected chi connectivity index (χ1v) is 4.71. The van der Waals surface area contributed by atoms with Gasteiger partial charge in [0.05, 0.1) is 5.92 Å². The smallest absolute Gasteiger partial charge is 0.306 e. The first-order valence-electron chi connectivity index (χ1n) is 4.71. The summed E-state index contributed by atoms with van der Waals surface area (Å²) in [7, 11) is 0. The second kappa shape index (κ2) is 5.18. The average Bonchev–Trinajstić information content (AvgIpc) is 1.98. The molecule has 0 amide bonds. The Morgan fingerprint density at radius 2 is 1.83 bits per heavy atom. The Hall–Kier alpha value is -0.530. The summed E-state index contributed by atoms with van der Waals surface area (Å²) in [6, 6.07) is 0. The Kier molecular flexibility index (Phi) is 4.95. The quantitative estimate of drug-likeness (QED) is 0.692. The highest BCUT2D eigenvalue weighted by Gasteiger charge is 2.22. The lowest BCUT2D eigenvalue weighted by Gasteiger charge is -2.19. The van der Waals surface area contributed by atoms with E-state index in [-0.39, 0.29) is 11.8 Å². The average molecular weight is 172 g/mol. The van der Waals surface area contributed by atoms with E-state index in [2.05, 4.69) is 13.8 Å². The van der Waals surface area contributed by atoms with E-state index >= 15 is 0 Å². The van der Waals surface area contributed by atoms with Crippen LogP contribution in [0, 0.1) is 17.8 Å². The Morgan fingerprint density at radius 3 is 2.08 bits per heavy atom. The molecule has 1 N–H and O–H groups in total. The normalized spacial score (nSPS) is 16.1. The molecular formula is C10H20O2. The van der Waals surface area contributed by atoms with Gasteiger partial charge in [0.2, 0.25) is 0 Å². The SMILES string of the molecule is CCC(C)CC(C(=O)O)C(C)C. The Morgan fingerprint density at radius 1 is 1.33 bits per heavy atom. The number of hydrogen-bond donors (Lipinski definition) is 1. The molecule has 2 unspecified atom stereocenters. The molecule has 0 aromatic carbocycles. The van der Waals surface area contributed by atoms with Crippen LogP contribution in [0.2, 0.25) is 0 Å². The summed E-state index contributed by atoms with van der Waals surface area (Å²) in [5.41, 5.74) is 0. The minimum atomic E-state index is -0.648. The van der Waals surface area contributed by atoms with Gasteiger partial charge in [-0.15, -0.1) is 0 Å². The second-order valence-electron chi connectivity index (χ2n) is 3.94. The molecule has 2 heteroatoms. The lowest BCUT2D eigenvalue weighted by Crippen LogP contribution is -2.21. The predicted octanol–water partition coefficient (Wildman–Crippen LogP) is 2.78. The molecule has 0 aromatic rings. The van der Waals surface area contributed by atoms with Gasteiger partial charge in [0.15, 0.2) is 0 Å². The van der Waals surface area contributed by atoms with Crippen LogP contribution < -0.4 is 0 Å². The summed E-state index contributed by atoms with van der Waals surface area (Å²) in [6.45, 7) is 8.16. The zero-order chi connectivity index (χ0) is 9.72. The van der Waals surface area contributed by atoms with Crippen molar-refractivity contribution in [3.05, 3.63) is 0 Å². The highest BCUT2D eigenvalue weighted by atomic mass is 16.4. The first-order chi connectivity index (χ1) is 5.49. The fourth-order valence-corrected chi connectivity index (χ4v) is 1.26. The molecule has 2 atom stereocenters. The van der Waals surface area contributed by atoms with Crippen molar-refractivity contribution in [1.82, 2.24) is 0 Å². The lowest BCUT2D eigenvalue weighted by atomic mass is 9.86. The third kappa shape index (κ3) is 3.74. The molecule has 0 heterocycles. The maximum atomic E-state index is 10.8. The molecule has 0 fully saturated rings. The van der Waals surface area contributed by atoms with Crippen LogP contribution in [0.15, 0.2) is 0 Å². The summed E-state index contributed by atoms with van der Waals surface area (Å²) >= 11 is 0. The maximum absolute atomic E-state index is 10.8. The van der Waals surface area contributed by atoms with Gasteiger partial charge < -0.3 is 5.11 Å². The van der Waals surface area contributed by atoms with E-state index in [0.29, 0.717) is 5.92 Å². The molecule has 0 bridgehead atoms. The topological polar surface area (TPSA) is 37.3 Å². The Balaban J connectivity index is 4.05. The van der Waals surface area contributed by atoms with Crippen LogP contribution in [0.1, 0.15) is 40.5 Å². The lowest BCUT2D eigenvalue weighted by molar-refractivity contribution is -0.143. The maximum Gasteiger partial charge on any atom is 0.306 e. The zero-order valence-electron chi connectivity index (χ0n) is 8.50. The number of hydrogen-bond acceptors (Lipinski definition) is 1. The Labute approximate surface area is 75.0 Å². The third-order valence-electron chi connectivity index (χ3n) is 2.48. The fourth-order valence-electron chi connectivity index (χ4n) is 1.26. The highest BCUT2D eigenvalue weighted by Crippen LogP contribution is 2.22. The second-order valence-corrected chi connectivity index (χ2v) is 3.94. The van der Waals surface area contributed by atoms with Crippen LogP contribution in [0.5, 0.6) is 0 Å². The van der Waals surface area contributed by atoms with Crippen LogP contribution >= 0.6 is 0 Å². The van der Waals surface area contributed by atoms with Gasteiger partial charge >= 0.3 is 5.97 Å². The van der Waals surface area contributed by atoms with Crippen LogP contribution in [0.4, 0.5) is 0 Å². The van der Waals surface area contributed by atoms with Crippen LogP contribution in [0.25, 0.3) is 0 Å². The van der Waals surface area contributed by atoms with Crippen molar-refractivity contribution in [3.8, 4) is 0 Å². The predicted molar refractivity (Wildman–Crippen MR) is 50.0 cm³/mol. The van der Waals surface area contributed by atoms with Gasteiger partial charge in [-0.25, -0.2) is 0 Å². The van der Waals surface area contributed by atoms with Crippen molar-refractivity contribution < 1.29 is 9.90 Å². The zero-order valence-corrected chi connectivity index (χ0v) is 8.50. The summed E-state index contributed by atoms with van der Waals surface area (Å²) in [4.78, 5) is 10.8. The van der Waals surface area contributed by atoms with Gasteiger partial charge in [-0.3, -0.25) is 4.79 Å². The number of carbonyl (C=O) groups is 1. The van der Waals surface area contributed by atoms with Gasteiger partial charge in [-0.05, 0) is 18.3 Å². The molecule has 72 valence electrons. The highest BCUT2D eigenvalue weighted by molar-refractivity contribution is 5.70. The molecule has 0 spiro atoms. The van der Waals surface area contributed by atoms with E-state index in [4.69, 9.17) is 5.11 Å². The third-order valence-corrected chi connectivity index (χ3v) is 2.48. The Bertz CT molecular complexity index is 141. The number of aliphatic carboxylic acids is 1. The summed E-state index contributed by atoms with van der Waals surface area (Å²) in [5.74, 6) is -0.0461. The van der Waals surface area contributed by atoms with Crippen molar-refractivity contribution in [1.29, 1.82) is 0 Å². The van der Waals surface area contributed by atoms with Gasteiger partial charge in [0.25, 0.3) is 0 Å². The van der Waals surface area contributed by atoms with E-state index < -0.39 is 5.97 Å². The molecule has 0 aromatic heterocycles. The van der Waals surface area contributed by atoms with E-state index in [9.17, 15) is 4.79 Å². The van der Waals surface area contributed by atoms with E-state index in [1.807, 2.05) is 13.8 Å². The summed E-state index contributed by atoms with van der Waals surface area (Å²) in [5, 5.41) is 8.89. The molecule has 0 rings (SSSR count). The number of rotatable bonds is 5. The number of carboxylic acid groups (broad SMARTS) is 1. The van der Waals surface area contributed by atoms with Gasteiger partial charge in [0.1, 0.15) is 0 Å². The fraction of sp³-hybridized carbons (Fsp3) is 0.900.